The second-order valence-electron chi connectivity index (χ2n) is 9.02. The molecule has 6 heteroatoms. The average molecular weight is 432 g/mol. The van der Waals surface area contributed by atoms with E-state index in [-0.39, 0.29) is 43.2 Å². The normalized spacial score (nSPS) is 28.6. The molecule has 2 saturated carbocycles. The van der Waals surface area contributed by atoms with Crippen LogP contribution >= 0.6 is 0 Å². The number of alkyl halides is 3. The number of hydrogen-bond acceptors (Lipinski definition) is 0. The van der Waals surface area contributed by atoms with Gasteiger partial charge in [0.05, 0.1) is 6.08 Å². The Morgan fingerprint density at radius 3 is 1.93 bits per heavy atom. The molecule has 0 nitrogen and oxygen atoms in total. The third-order valence-corrected chi connectivity index (χ3v) is 6.94. The van der Waals surface area contributed by atoms with Crippen molar-refractivity contribution < 1.29 is 26.3 Å². The first kappa shape index (κ1) is 23.2. The fraction of sp³-hybridized carbons (Fsp3) is 0.667. The van der Waals surface area contributed by atoms with E-state index in [1.165, 1.54) is 18.6 Å². The predicted molar refractivity (Wildman–Crippen MR) is 106 cm³/mol. The number of halogens is 6. The van der Waals surface area contributed by atoms with Crippen LogP contribution in [0.15, 0.2) is 24.0 Å². The summed E-state index contributed by atoms with van der Waals surface area (Å²) >= 11 is 0. The Balaban J connectivity index is 1.65. The van der Waals surface area contributed by atoms with Gasteiger partial charge in [0, 0.05) is 11.5 Å². The first-order valence-electron chi connectivity index (χ1n) is 11.1. The van der Waals surface area contributed by atoms with Gasteiger partial charge in [-0.15, -0.1) is 0 Å². The Labute approximate surface area is 174 Å². The second-order valence-corrected chi connectivity index (χ2v) is 9.02. The van der Waals surface area contributed by atoms with Crippen molar-refractivity contribution in [1.29, 1.82) is 0 Å². The summed E-state index contributed by atoms with van der Waals surface area (Å²) < 4.78 is 80.5. The summed E-state index contributed by atoms with van der Waals surface area (Å²) in [6, 6.07) is 2.89. The Kier molecular flexibility index (Phi) is 7.56. The van der Waals surface area contributed by atoms with Gasteiger partial charge in [-0.3, -0.25) is 0 Å². The first-order chi connectivity index (χ1) is 14.2. The smallest absolute Gasteiger partial charge is 0.212 e. The lowest BCUT2D eigenvalue weighted by Gasteiger charge is -2.30. The highest BCUT2D eigenvalue weighted by Gasteiger charge is 2.33. The van der Waals surface area contributed by atoms with E-state index in [2.05, 4.69) is 6.92 Å². The second kappa shape index (κ2) is 9.78. The molecule has 0 aromatic heterocycles. The zero-order chi connectivity index (χ0) is 21.9. The molecule has 0 saturated heterocycles. The molecule has 2 fully saturated rings. The fourth-order valence-electron chi connectivity index (χ4n) is 5.35. The van der Waals surface area contributed by atoms with Crippen LogP contribution in [0.4, 0.5) is 26.3 Å². The van der Waals surface area contributed by atoms with E-state index in [0.29, 0.717) is 11.5 Å². The molecule has 2 aliphatic rings. The van der Waals surface area contributed by atoms with Gasteiger partial charge in [-0.2, -0.15) is 13.2 Å². The van der Waals surface area contributed by atoms with Crippen molar-refractivity contribution in [3.05, 3.63) is 46.8 Å². The molecule has 3 rings (SSSR count). The molecule has 1 aromatic carbocycles. The van der Waals surface area contributed by atoms with E-state index in [1.807, 2.05) is 0 Å². The van der Waals surface area contributed by atoms with Gasteiger partial charge < -0.3 is 0 Å². The van der Waals surface area contributed by atoms with Gasteiger partial charge in [0.25, 0.3) is 0 Å². The third kappa shape index (κ3) is 5.82. The molecule has 1 aromatic rings. The zero-order valence-electron chi connectivity index (χ0n) is 17.4. The maximum atomic E-state index is 14.9. The van der Waals surface area contributed by atoms with Crippen LogP contribution in [-0.2, 0) is 0 Å². The summed E-state index contributed by atoms with van der Waals surface area (Å²) in [5.41, 5.74) is 0.716. The summed E-state index contributed by atoms with van der Waals surface area (Å²) in [7, 11) is 0. The Morgan fingerprint density at radius 2 is 1.43 bits per heavy atom. The minimum absolute atomic E-state index is 0.0112. The minimum atomic E-state index is -4.69. The Hall–Kier alpha value is -1.46. The van der Waals surface area contributed by atoms with Gasteiger partial charge in [-0.05, 0) is 86.8 Å². The van der Waals surface area contributed by atoms with E-state index in [4.69, 9.17) is 0 Å². The van der Waals surface area contributed by atoms with Gasteiger partial charge in [0.1, 0.15) is 17.5 Å². The number of hydrogen-bond donors (Lipinski definition) is 0. The molecule has 2 aliphatic carbocycles. The van der Waals surface area contributed by atoms with Crippen LogP contribution in [0.2, 0.25) is 0 Å². The molecule has 30 heavy (non-hydrogen) atoms. The summed E-state index contributed by atoms with van der Waals surface area (Å²) in [5.74, 6) is -2.70. The van der Waals surface area contributed by atoms with Gasteiger partial charge in [0.15, 0.2) is 0 Å². The van der Waals surface area contributed by atoms with Gasteiger partial charge in [0.2, 0.25) is 0 Å². The largest absolute Gasteiger partial charge is 0.412 e. The van der Waals surface area contributed by atoms with Crippen LogP contribution in [-0.4, -0.2) is 6.18 Å². The molecule has 0 radical (unpaired) electrons. The van der Waals surface area contributed by atoms with Gasteiger partial charge in [-0.1, -0.05) is 19.8 Å². The van der Waals surface area contributed by atoms with Crippen LogP contribution < -0.4 is 0 Å². The summed E-state index contributed by atoms with van der Waals surface area (Å²) in [5, 5.41) is 0. The summed E-state index contributed by atoms with van der Waals surface area (Å²) in [6.45, 7) is 2.17. The molecule has 0 spiro atoms. The van der Waals surface area contributed by atoms with Crippen LogP contribution in [0.25, 0.3) is 0 Å². The highest BCUT2D eigenvalue weighted by molar-refractivity contribution is 5.32. The lowest BCUT2D eigenvalue weighted by atomic mass is 9.75. The standard InChI is InChI=1S/C24H30F6/c1-2-3-15-4-6-16(7-5-15)19-12-20(25)23(21(26)13-19)18-10-8-17(9-11-18)22(27)14-24(28,29)30/h12-18H,2-11H2,1H3. The van der Waals surface area contributed by atoms with Crippen LogP contribution in [0, 0.1) is 23.5 Å². The molecule has 0 aliphatic heterocycles. The maximum absolute atomic E-state index is 14.9. The van der Waals surface area contributed by atoms with E-state index >= 15 is 0 Å². The van der Waals surface area contributed by atoms with E-state index < -0.39 is 35.5 Å². The number of allylic oxidation sites excluding steroid dienone is 2. The maximum Gasteiger partial charge on any atom is 0.412 e. The molecule has 0 bridgehead atoms. The monoisotopic (exact) mass is 432 g/mol. The first-order valence-corrected chi connectivity index (χ1v) is 11.1. The van der Waals surface area contributed by atoms with Crippen LogP contribution in [0.3, 0.4) is 0 Å². The molecular formula is C24H30F6. The molecule has 0 heterocycles. The molecule has 0 unspecified atom stereocenters. The summed E-state index contributed by atoms with van der Waals surface area (Å²) in [6.07, 6.45) is 2.30. The van der Waals surface area contributed by atoms with Crippen molar-refractivity contribution in [2.45, 2.75) is 89.1 Å². The van der Waals surface area contributed by atoms with Gasteiger partial charge >= 0.3 is 6.18 Å². The highest BCUT2D eigenvalue weighted by Crippen LogP contribution is 2.43. The van der Waals surface area contributed by atoms with Crippen LogP contribution in [0.1, 0.15) is 94.1 Å². The molecule has 0 atom stereocenters. The topological polar surface area (TPSA) is 0 Å². The van der Waals surface area contributed by atoms with Crippen molar-refractivity contribution >= 4 is 0 Å². The molecule has 0 N–H and O–H groups in total. The fourth-order valence-corrected chi connectivity index (χ4v) is 5.35. The van der Waals surface area contributed by atoms with Crippen molar-refractivity contribution in [1.82, 2.24) is 0 Å². The minimum Gasteiger partial charge on any atom is -0.212 e. The van der Waals surface area contributed by atoms with Crippen molar-refractivity contribution in [2.24, 2.45) is 11.8 Å². The van der Waals surface area contributed by atoms with Crippen molar-refractivity contribution in [2.75, 3.05) is 0 Å². The SMILES string of the molecule is CCCC1CCC(c2cc(F)c(C3CCC(C(F)=CC(F)(F)F)CC3)c(F)c2)CC1. The summed E-state index contributed by atoms with van der Waals surface area (Å²) in [4.78, 5) is 0. The lowest BCUT2D eigenvalue weighted by molar-refractivity contribution is -0.0820. The zero-order valence-corrected chi connectivity index (χ0v) is 17.4. The van der Waals surface area contributed by atoms with Crippen LogP contribution in [0.5, 0.6) is 0 Å². The van der Waals surface area contributed by atoms with E-state index in [9.17, 15) is 26.3 Å². The van der Waals surface area contributed by atoms with E-state index in [0.717, 1.165) is 32.1 Å². The Bertz CT molecular complexity index is 712. The lowest BCUT2D eigenvalue weighted by Crippen LogP contribution is -2.18. The quantitative estimate of drug-likeness (QED) is 0.408. The number of rotatable bonds is 5. The van der Waals surface area contributed by atoms with Gasteiger partial charge in [-0.25, -0.2) is 13.2 Å². The third-order valence-electron chi connectivity index (χ3n) is 6.94. The van der Waals surface area contributed by atoms with Crippen molar-refractivity contribution in [3.63, 3.8) is 0 Å². The highest BCUT2D eigenvalue weighted by atomic mass is 19.4. The Morgan fingerprint density at radius 1 is 0.900 bits per heavy atom. The molecule has 0 amide bonds. The molecular weight excluding hydrogens is 402 g/mol. The van der Waals surface area contributed by atoms with E-state index in [1.54, 1.807) is 0 Å². The molecule has 168 valence electrons. The van der Waals surface area contributed by atoms with Crippen molar-refractivity contribution in [3.8, 4) is 0 Å². The average Bonchev–Trinajstić information content (AvgIpc) is 2.67. The number of benzene rings is 1. The predicted octanol–water partition coefficient (Wildman–Crippen LogP) is 8.73.